The molecular formula is C17H19ClN8O2. The number of halogens is 1. The lowest BCUT2D eigenvalue weighted by Gasteiger charge is -2.29. The number of anilines is 2. The maximum atomic E-state index is 12.8. The number of fused-ring (bicyclic) bond motifs is 1. The van der Waals surface area contributed by atoms with Gasteiger partial charge >= 0.3 is 0 Å². The summed E-state index contributed by atoms with van der Waals surface area (Å²) in [5.74, 6) is -0.115. The number of carbonyl (C=O) groups excluding carboxylic acids is 1. The van der Waals surface area contributed by atoms with Crippen LogP contribution in [0.25, 0.3) is 5.65 Å². The third-order valence-corrected chi connectivity index (χ3v) is 4.76. The highest BCUT2D eigenvalue weighted by molar-refractivity contribution is 6.30. The van der Waals surface area contributed by atoms with Gasteiger partial charge in [0, 0.05) is 19.3 Å². The van der Waals surface area contributed by atoms with Gasteiger partial charge in [-0.25, -0.2) is 14.5 Å². The fraction of sp³-hybridized carbons (Fsp3) is 0.353. The summed E-state index contributed by atoms with van der Waals surface area (Å²) >= 11 is 5.91. The molecule has 0 radical (unpaired) electrons. The zero-order chi connectivity index (χ0) is 19.7. The molecule has 1 fully saturated rings. The lowest BCUT2D eigenvalue weighted by Crippen LogP contribution is -2.36. The Morgan fingerprint density at radius 3 is 2.89 bits per heavy atom. The molecule has 11 heteroatoms. The molecule has 1 aliphatic rings. The Morgan fingerprint density at radius 2 is 2.11 bits per heavy atom. The molecule has 0 unspecified atom stereocenters. The van der Waals surface area contributed by atoms with E-state index in [2.05, 4.69) is 37.3 Å². The Hall–Kier alpha value is -2.98. The van der Waals surface area contributed by atoms with Gasteiger partial charge in [0.2, 0.25) is 5.88 Å². The number of nitrogens with zero attached hydrogens (tertiary/aromatic N) is 6. The molecule has 1 aliphatic heterocycles. The molecule has 0 aromatic carbocycles. The fourth-order valence-corrected chi connectivity index (χ4v) is 3.23. The molecular weight excluding hydrogens is 384 g/mol. The van der Waals surface area contributed by atoms with Crippen LogP contribution >= 0.6 is 11.6 Å². The monoisotopic (exact) mass is 402 g/mol. The summed E-state index contributed by atoms with van der Waals surface area (Å²) in [6, 6.07) is 0. The van der Waals surface area contributed by atoms with E-state index in [1.54, 1.807) is 0 Å². The number of nitrogens with two attached hydrogens (primary N) is 1. The van der Waals surface area contributed by atoms with Crippen molar-refractivity contribution in [2.24, 2.45) is 0 Å². The van der Waals surface area contributed by atoms with E-state index in [4.69, 9.17) is 22.1 Å². The van der Waals surface area contributed by atoms with E-state index in [0.29, 0.717) is 22.2 Å². The minimum absolute atomic E-state index is 0.0348. The summed E-state index contributed by atoms with van der Waals surface area (Å²) in [6.07, 6.45) is 7.63. The third kappa shape index (κ3) is 3.69. The Bertz CT molecular complexity index is 1020. The SMILES string of the molecule is CN1CCC(Oc2ncncc2NC(=O)c2c(N)nn3cc(Cl)cnc23)CC1. The highest BCUT2D eigenvalue weighted by Crippen LogP contribution is 2.26. The van der Waals surface area contributed by atoms with Crippen molar-refractivity contribution >= 4 is 34.7 Å². The van der Waals surface area contributed by atoms with Crippen LogP contribution in [0.5, 0.6) is 5.88 Å². The Morgan fingerprint density at radius 1 is 1.32 bits per heavy atom. The highest BCUT2D eigenvalue weighted by Gasteiger charge is 2.23. The van der Waals surface area contributed by atoms with E-state index in [1.165, 1.54) is 29.4 Å². The van der Waals surface area contributed by atoms with Gasteiger partial charge in [0.1, 0.15) is 23.7 Å². The second-order valence-electron chi connectivity index (χ2n) is 6.62. The molecule has 146 valence electrons. The lowest BCUT2D eigenvalue weighted by molar-refractivity contribution is 0.101. The van der Waals surface area contributed by atoms with Crippen molar-refractivity contribution in [2.75, 3.05) is 31.2 Å². The summed E-state index contributed by atoms with van der Waals surface area (Å²) in [5, 5.41) is 7.21. The quantitative estimate of drug-likeness (QED) is 0.672. The Labute approximate surface area is 165 Å². The zero-order valence-corrected chi connectivity index (χ0v) is 15.9. The highest BCUT2D eigenvalue weighted by atomic mass is 35.5. The standard InChI is InChI=1S/C17H19ClN8O2/c1-25-4-2-11(3-5-25)28-17-12(7-20-9-22-17)23-16(27)13-14(19)24-26-8-10(18)6-21-15(13)26/h6-9,11H,2-5H2,1H3,(H2,19,24)(H,23,27). The van der Waals surface area contributed by atoms with Crippen LogP contribution in [-0.2, 0) is 0 Å². The first-order valence-corrected chi connectivity index (χ1v) is 9.15. The topological polar surface area (TPSA) is 124 Å². The van der Waals surface area contributed by atoms with Crippen LogP contribution in [-0.4, -0.2) is 61.6 Å². The van der Waals surface area contributed by atoms with Crippen LogP contribution in [0.4, 0.5) is 11.5 Å². The van der Waals surface area contributed by atoms with Gasteiger partial charge in [-0.15, -0.1) is 5.10 Å². The number of nitrogens with one attached hydrogen (secondary N) is 1. The number of ether oxygens (including phenoxy) is 1. The van der Waals surface area contributed by atoms with E-state index >= 15 is 0 Å². The van der Waals surface area contributed by atoms with Gasteiger partial charge in [0.15, 0.2) is 11.5 Å². The number of carbonyl (C=O) groups is 1. The summed E-state index contributed by atoms with van der Waals surface area (Å²) in [5.41, 5.74) is 6.72. The molecule has 3 aromatic rings. The molecule has 0 bridgehead atoms. The number of piperidine rings is 1. The molecule has 0 atom stereocenters. The maximum Gasteiger partial charge on any atom is 0.263 e. The van der Waals surface area contributed by atoms with Crippen molar-refractivity contribution in [1.82, 2.24) is 29.5 Å². The minimum atomic E-state index is -0.481. The first-order chi connectivity index (χ1) is 13.5. The summed E-state index contributed by atoms with van der Waals surface area (Å²) < 4.78 is 7.37. The van der Waals surface area contributed by atoms with Crippen LogP contribution in [0.3, 0.4) is 0 Å². The van der Waals surface area contributed by atoms with Gasteiger partial charge in [-0.2, -0.15) is 4.98 Å². The fourth-order valence-electron chi connectivity index (χ4n) is 3.09. The van der Waals surface area contributed by atoms with Gasteiger partial charge in [-0.05, 0) is 19.9 Å². The molecule has 0 aliphatic carbocycles. The van der Waals surface area contributed by atoms with Crippen molar-refractivity contribution in [3.8, 4) is 5.88 Å². The molecule has 1 amide bonds. The molecule has 4 rings (SSSR count). The summed E-state index contributed by atoms with van der Waals surface area (Å²) in [7, 11) is 2.08. The molecule has 3 N–H and O–H groups in total. The van der Waals surface area contributed by atoms with E-state index in [9.17, 15) is 4.79 Å². The number of aromatic nitrogens is 5. The largest absolute Gasteiger partial charge is 0.473 e. The first-order valence-electron chi connectivity index (χ1n) is 8.77. The second-order valence-corrected chi connectivity index (χ2v) is 7.05. The Balaban J connectivity index is 1.56. The molecule has 0 saturated carbocycles. The third-order valence-electron chi connectivity index (χ3n) is 4.56. The van der Waals surface area contributed by atoms with Crippen molar-refractivity contribution < 1.29 is 9.53 Å². The zero-order valence-electron chi connectivity index (χ0n) is 15.2. The van der Waals surface area contributed by atoms with Crippen molar-refractivity contribution in [3.05, 3.63) is 35.5 Å². The van der Waals surface area contributed by atoms with Crippen LogP contribution in [0.15, 0.2) is 24.9 Å². The number of nitrogen functional groups attached to an aromatic ring is 1. The second kappa shape index (κ2) is 7.56. The van der Waals surface area contributed by atoms with E-state index in [0.717, 1.165) is 25.9 Å². The number of hydrogen-bond donors (Lipinski definition) is 2. The van der Waals surface area contributed by atoms with Gasteiger partial charge < -0.3 is 20.7 Å². The Kier molecular flexibility index (Phi) is 4.97. The number of amides is 1. The lowest BCUT2D eigenvalue weighted by atomic mass is 10.1. The number of hydrogen-bond acceptors (Lipinski definition) is 8. The van der Waals surface area contributed by atoms with E-state index < -0.39 is 5.91 Å². The minimum Gasteiger partial charge on any atom is -0.473 e. The van der Waals surface area contributed by atoms with Crippen molar-refractivity contribution in [2.45, 2.75) is 18.9 Å². The molecule has 3 aromatic heterocycles. The molecule has 4 heterocycles. The van der Waals surface area contributed by atoms with E-state index in [1.807, 2.05) is 0 Å². The average Bonchev–Trinajstić information content (AvgIpc) is 3.00. The predicted octanol–water partition coefficient (Wildman–Crippen LogP) is 1.48. The van der Waals surface area contributed by atoms with Crippen molar-refractivity contribution in [1.29, 1.82) is 0 Å². The normalized spacial score (nSPS) is 15.6. The van der Waals surface area contributed by atoms with Gasteiger partial charge in [0.25, 0.3) is 5.91 Å². The van der Waals surface area contributed by atoms with Gasteiger partial charge in [-0.1, -0.05) is 11.6 Å². The predicted molar refractivity (Wildman–Crippen MR) is 104 cm³/mol. The van der Waals surface area contributed by atoms with Crippen LogP contribution in [0, 0.1) is 0 Å². The maximum absolute atomic E-state index is 12.8. The number of rotatable bonds is 4. The van der Waals surface area contributed by atoms with Crippen LogP contribution < -0.4 is 15.8 Å². The van der Waals surface area contributed by atoms with Crippen molar-refractivity contribution in [3.63, 3.8) is 0 Å². The van der Waals surface area contributed by atoms with Crippen LogP contribution in [0.2, 0.25) is 5.02 Å². The number of likely N-dealkylation sites (tertiary alicyclic amines) is 1. The van der Waals surface area contributed by atoms with Gasteiger partial charge in [-0.3, -0.25) is 4.79 Å². The molecule has 28 heavy (non-hydrogen) atoms. The molecule has 0 spiro atoms. The first kappa shape index (κ1) is 18.4. The summed E-state index contributed by atoms with van der Waals surface area (Å²) in [6.45, 7) is 1.90. The molecule has 10 nitrogen and oxygen atoms in total. The summed E-state index contributed by atoms with van der Waals surface area (Å²) in [4.78, 5) is 27.4. The van der Waals surface area contributed by atoms with E-state index in [-0.39, 0.29) is 17.5 Å². The average molecular weight is 403 g/mol. The van der Waals surface area contributed by atoms with Crippen LogP contribution in [0.1, 0.15) is 23.2 Å². The smallest absolute Gasteiger partial charge is 0.263 e. The molecule has 1 saturated heterocycles. The van der Waals surface area contributed by atoms with Gasteiger partial charge in [0.05, 0.1) is 17.4 Å².